The van der Waals surface area contributed by atoms with Crippen molar-refractivity contribution in [3.8, 4) is 11.5 Å². The van der Waals surface area contributed by atoms with E-state index in [9.17, 15) is 18.0 Å². The Balaban J connectivity index is 1.41. The molecule has 0 N–H and O–H groups in total. The Kier molecular flexibility index (Phi) is 4.92. The first-order valence-electron chi connectivity index (χ1n) is 9.27. The first-order valence-corrected chi connectivity index (χ1v) is 11.1. The van der Waals surface area contributed by atoms with Crippen molar-refractivity contribution in [3.63, 3.8) is 0 Å². The zero-order valence-corrected chi connectivity index (χ0v) is 16.5. The fraction of sp³-hybridized carbons (Fsp3) is 0.556. The van der Waals surface area contributed by atoms with E-state index in [4.69, 9.17) is 9.47 Å². The molecule has 0 unspecified atom stereocenters. The summed E-state index contributed by atoms with van der Waals surface area (Å²) in [6, 6.07) is 5.34. The van der Waals surface area contributed by atoms with Crippen molar-refractivity contribution < 1.29 is 27.5 Å². The lowest BCUT2D eigenvalue weighted by atomic mass is 10.1. The Hall–Kier alpha value is -2.33. The predicted molar refractivity (Wildman–Crippen MR) is 101 cm³/mol. The maximum Gasteiger partial charge on any atom is 0.228 e. The van der Waals surface area contributed by atoms with Crippen LogP contribution < -0.4 is 14.4 Å². The topological polar surface area (TPSA) is 96.5 Å². The van der Waals surface area contributed by atoms with Crippen LogP contribution in [0.1, 0.15) is 6.42 Å². The van der Waals surface area contributed by atoms with Gasteiger partial charge in [-0.3, -0.25) is 9.59 Å². The molecule has 152 valence electrons. The third-order valence-corrected chi connectivity index (χ3v) is 6.63. The lowest BCUT2D eigenvalue weighted by Crippen LogP contribution is -2.51. The first-order chi connectivity index (χ1) is 13.3. The summed E-state index contributed by atoms with van der Waals surface area (Å²) in [6.07, 6.45) is 1.32. The molecule has 28 heavy (non-hydrogen) atoms. The van der Waals surface area contributed by atoms with Crippen LogP contribution in [0.4, 0.5) is 5.69 Å². The molecule has 0 bridgehead atoms. The van der Waals surface area contributed by atoms with Crippen LogP contribution >= 0.6 is 0 Å². The molecule has 2 saturated heterocycles. The average Bonchev–Trinajstić information content (AvgIpc) is 3.08. The summed E-state index contributed by atoms with van der Waals surface area (Å²) in [5.74, 6) is 0.623. The van der Waals surface area contributed by atoms with Gasteiger partial charge in [-0.05, 0) is 12.1 Å². The molecule has 10 heteroatoms. The summed E-state index contributed by atoms with van der Waals surface area (Å²) in [7, 11) is -3.24. The van der Waals surface area contributed by atoms with Gasteiger partial charge in [0, 0.05) is 50.9 Å². The number of anilines is 1. The van der Waals surface area contributed by atoms with Crippen molar-refractivity contribution >= 4 is 27.5 Å². The van der Waals surface area contributed by atoms with Gasteiger partial charge in [-0.2, -0.15) is 4.31 Å². The number of sulfonamides is 1. The molecule has 2 amide bonds. The Morgan fingerprint density at radius 2 is 1.75 bits per heavy atom. The van der Waals surface area contributed by atoms with Gasteiger partial charge in [-0.1, -0.05) is 0 Å². The molecule has 9 nitrogen and oxygen atoms in total. The summed E-state index contributed by atoms with van der Waals surface area (Å²) in [4.78, 5) is 28.6. The Morgan fingerprint density at radius 1 is 1.07 bits per heavy atom. The monoisotopic (exact) mass is 409 g/mol. The molecule has 1 atom stereocenters. The van der Waals surface area contributed by atoms with Crippen molar-refractivity contribution in [1.82, 2.24) is 9.21 Å². The quantitative estimate of drug-likeness (QED) is 0.693. The smallest absolute Gasteiger partial charge is 0.228 e. The minimum Gasteiger partial charge on any atom is -0.486 e. The molecule has 4 rings (SSSR count). The summed E-state index contributed by atoms with van der Waals surface area (Å²) in [5, 5.41) is 0. The van der Waals surface area contributed by atoms with E-state index >= 15 is 0 Å². The maximum absolute atomic E-state index is 12.8. The van der Waals surface area contributed by atoms with E-state index in [-0.39, 0.29) is 31.3 Å². The van der Waals surface area contributed by atoms with E-state index in [2.05, 4.69) is 0 Å². The fourth-order valence-electron chi connectivity index (χ4n) is 3.82. The van der Waals surface area contributed by atoms with Crippen molar-refractivity contribution in [3.05, 3.63) is 18.2 Å². The number of amides is 2. The normalized spacial score (nSPS) is 23.2. The Labute approximate surface area is 163 Å². The van der Waals surface area contributed by atoms with Gasteiger partial charge in [0.1, 0.15) is 13.2 Å². The highest BCUT2D eigenvalue weighted by Crippen LogP contribution is 2.36. The number of ether oxygens (including phenoxy) is 2. The summed E-state index contributed by atoms with van der Waals surface area (Å²) in [5.41, 5.74) is 0.687. The molecule has 0 aliphatic carbocycles. The average molecular weight is 409 g/mol. The number of hydrogen-bond donors (Lipinski definition) is 0. The number of hydrogen-bond acceptors (Lipinski definition) is 6. The number of carbonyl (C=O) groups excluding carboxylic acids is 2. The van der Waals surface area contributed by atoms with E-state index in [1.807, 2.05) is 0 Å². The van der Waals surface area contributed by atoms with Crippen molar-refractivity contribution in [1.29, 1.82) is 0 Å². The number of benzene rings is 1. The summed E-state index contributed by atoms with van der Waals surface area (Å²) >= 11 is 0. The van der Waals surface area contributed by atoms with Crippen LogP contribution in [-0.4, -0.2) is 81.6 Å². The standard InChI is InChI=1S/C18H23N3O6S/c1-28(24,25)20-6-4-19(5-7-20)18(23)13-10-17(22)21(12-13)14-2-3-15-16(11-14)27-9-8-26-15/h2-3,11,13H,4-10,12H2,1H3/t13-/m0/s1. The Bertz CT molecular complexity index is 895. The lowest BCUT2D eigenvalue weighted by Gasteiger charge is -2.34. The molecule has 3 aliphatic heterocycles. The molecule has 1 aromatic rings. The third kappa shape index (κ3) is 3.66. The number of piperazine rings is 1. The van der Waals surface area contributed by atoms with Gasteiger partial charge in [0.05, 0.1) is 12.2 Å². The van der Waals surface area contributed by atoms with E-state index in [0.717, 1.165) is 0 Å². The number of fused-ring (bicyclic) bond motifs is 1. The lowest BCUT2D eigenvalue weighted by molar-refractivity contribution is -0.136. The highest BCUT2D eigenvalue weighted by molar-refractivity contribution is 7.88. The van der Waals surface area contributed by atoms with Crippen molar-refractivity contribution in [2.45, 2.75) is 6.42 Å². The second kappa shape index (κ2) is 7.25. The second-order valence-electron chi connectivity index (χ2n) is 7.22. The highest BCUT2D eigenvalue weighted by atomic mass is 32.2. The van der Waals surface area contributed by atoms with Crippen LogP contribution in [0.3, 0.4) is 0 Å². The highest BCUT2D eigenvalue weighted by Gasteiger charge is 2.38. The van der Waals surface area contributed by atoms with Gasteiger partial charge >= 0.3 is 0 Å². The fourth-order valence-corrected chi connectivity index (χ4v) is 4.65. The van der Waals surface area contributed by atoms with E-state index in [1.165, 1.54) is 10.6 Å². The number of carbonyl (C=O) groups is 2. The van der Waals surface area contributed by atoms with Crippen molar-refractivity contribution in [2.24, 2.45) is 5.92 Å². The molecule has 0 spiro atoms. The number of rotatable bonds is 3. The zero-order valence-electron chi connectivity index (χ0n) is 15.7. The van der Waals surface area contributed by atoms with Crippen molar-refractivity contribution in [2.75, 3.05) is 57.1 Å². The number of nitrogens with zero attached hydrogens (tertiary/aromatic N) is 3. The minimum absolute atomic E-state index is 0.0958. The van der Waals surface area contributed by atoms with E-state index < -0.39 is 15.9 Å². The molecular weight excluding hydrogens is 386 g/mol. The maximum atomic E-state index is 12.8. The summed E-state index contributed by atoms with van der Waals surface area (Å²) < 4.78 is 35.7. The van der Waals surface area contributed by atoms with Gasteiger partial charge in [0.15, 0.2) is 11.5 Å². The molecular formula is C18H23N3O6S. The SMILES string of the molecule is CS(=O)(=O)N1CCN(C(=O)[C@H]2CC(=O)N(c3ccc4c(c3)OCCO4)C2)CC1. The van der Waals surface area contributed by atoms with Crippen LogP contribution in [0.2, 0.25) is 0 Å². The molecule has 0 aromatic heterocycles. The molecule has 0 radical (unpaired) electrons. The van der Waals surface area contributed by atoms with Gasteiger partial charge in [-0.25, -0.2) is 8.42 Å². The largest absolute Gasteiger partial charge is 0.486 e. The van der Waals surface area contributed by atoms with Crippen LogP contribution in [-0.2, 0) is 19.6 Å². The van der Waals surface area contributed by atoms with Crippen LogP contribution in [0, 0.1) is 5.92 Å². The zero-order chi connectivity index (χ0) is 19.9. The minimum atomic E-state index is -3.24. The van der Waals surface area contributed by atoms with Gasteiger partial charge in [0.25, 0.3) is 0 Å². The Morgan fingerprint density at radius 3 is 2.43 bits per heavy atom. The molecule has 1 aromatic carbocycles. The molecule has 0 saturated carbocycles. The van der Waals surface area contributed by atoms with Crippen LogP contribution in [0.25, 0.3) is 0 Å². The van der Waals surface area contributed by atoms with E-state index in [0.29, 0.717) is 50.0 Å². The van der Waals surface area contributed by atoms with E-state index in [1.54, 1.807) is 28.0 Å². The third-order valence-electron chi connectivity index (χ3n) is 5.33. The molecule has 3 heterocycles. The van der Waals surface area contributed by atoms with Gasteiger partial charge < -0.3 is 19.3 Å². The van der Waals surface area contributed by atoms with Gasteiger partial charge in [0.2, 0.25) is 21.8 Å². The molecule has 3 aliphatic rings. The predicted octanol–water partition coefficient (Wildman–Crippen LogP) is -0.0855. The summed E-state index contributed by atoms with van der Waals surface area (Å²) in [6.45, 7) is 2.54. The molecule has 2 fully saturated rings. The second-order valence-corrected chi connectivity index (χ2v) is 9.20. The first kappa shape index (κ1) is 19.0. The van der Waals surface area contributed by atoms with Crippen LogP contribution in [0.15, 0.2) is 18.2 Å². The van der Waals surface area contributed by atoms with Crippen LogP contribution in [0.5, 0.6) is 11.5 Å². The van der Waals surface area contributed by atoms with Gasteiger partial charge in [-0.15, -0.1) is 0 Å².